The van der Waals surface area contributed by atoms with Gasteiger partial charge in [0.2, 0.25) is 11.8 Å². The summed E-state index contributed by atoms with van der Waals surface area (Å²) in [4.78, 5) is 26.1. The maximum Gasteiger partial charge on any atom is 0.239 e. The van der Waals surface area contributed by atoms with Gasteiger partial charge in [-0.25, -0.2) is 0 Å². The highest BCUT2D eigenvalue weighted by atomic mass is 16.2. The van der Waals surface area contributed by atoms with Crippen LogP contribution in [0.1, 0.15) is 38.7 Å². The van der Waals surface area contributed by atoms with Gasteiger partial charge in [0, 0.05) is 25.6 Å². The van der Waals surface area contributed by atoms with Crippen molar-refractivity contribution in [1.29, 1.82) is 0 Å². The largest absolute Gasteiger partial charge is 0.352 e. The number of nitrogens with one attached hydrogen (secondary N) is 1. The number of carbonyl (C=O) groups excluding carboxylic acids is 2. The second-order valence-corrected chi connectivity index (χ2v) is 6.84. The predicted molar refractivity (Wildman–Crippen MR) is 90.8 cm³/mol. The average molecular weight is 317 g/mol. The summed E-state index contributed by atoms with van der Waals surface area (Å²) in [5.74, 6) is 0.0594. The Morgan fingerprint density at radius 3 is 2.39 bits per heavy atom. The van der Waals surface area contributed by atoms with E-state index in [2.05, 4.69) is 5.32 Å². The molecule has 0 bridgehead atoms. The maximum atomic E-state index is 12.3. The molecule has 2 amide bonds. The van der Waals surface area contributed by atoms with Gasteiger partial charge in [0.05, 0.1) is 5.54 Å². The van der Waals surface area contributed by atoms with Crippen LogP contribution >= 0.6 is 0 Å². The number of rotatable bonds is 5. The number of hydrogen-bond acceptors (Lipinski definition) is 3. The van der Waals surface area contributed by atoms with Gasteiger partial charge in [-0.15, -0.1) is 0 Å². The molecule has 0 spiro atoms. The highest BCUT2D eigenvalue weighted by Crippen LogP contribution is 2.14. The van der Waals surface area contributed by atoms with Crippen molar-refractivity contribution >= 4 is 11.8 Å². The molecule has 1 aliphatic rings. The first-order chi connectivity index (χ1) is 10.9. The van der Waals surface area contributed by atoms with Crippen LogP contribution in [-0.2, 0) is 16.0 Å². The molecule has 1 saturated heterocycles. The number of likely N-dealkylation sites (tertiary alicyclic amines) is 1. The first-order valence-corrected chi connectivity index (χ1v) is 8.28. The van der Waals surface area contributed by atoms with Crippen LogP contribution in [-0.4, -0.2) is 41.4 Å². The quantitative estimate of drug-likeness (QED) is 0.863. The number of piperidine rings is 1. The highest BCUT2D eigenvalue weighted by Gasteiger charge is 2.28. The Labute approximate surface area is 138 Å². The summed E-state index contributed by atoms with van der Waals surface area (Å²) in [5, 5.41) is 2.97. The second kappa shape index (κ2) is 7.59. The van der Waals surface area contributed by atoms with E-state index in [0.717, 1.165) is 19.3 Å². The number of carbonyl (C=O) groups is 2. The van der Waals surface area contributed by atoms with Gasteiger partial charge in [-0.05, 0) is 38.7 Å². The van der Waals surface area contributed by atoms with E-state index >= 15 is 0 Å². The summed E-state index contributed by atoms with van der Waals surface area (Å²) in [5.41, 5.74) is 6.12. The van der Waals surface area contributed by atoms with E-state index in [0.29, 0.717) is 19.5 Å². The van der Waals surface area contributed by atoms with Crippen molar-refractivity contribution in [2.75, 3.05) is 13.1 Å². The van der Waals surface area contributed by atoms with Crippen LogP contribution in [0.5, 0.6) is 0 Å². The molecule has 0 unspecified atom stereocenters. The normalized spacial score (nSPS) is 16.2. The molecule has 1 fully saturated rings. The third-order valence-corrected chi connectivity index (χ3v) is 4.24. The zero-order valence-corrected chi connectivity index (χ0v) is 14.0. The lowest BCUT2D eigenvalue weighted by atomic mass is 10.0. The first kappa shape index (κ1) is 17.5. The molecule has 1 heterocycles. The Morgan fingerprint density at radius 2 is 1.83 bits per heavy atom. The molecule has 126 valence electrons. The van der Waals surface area contributed by atoms with Crippen molar-refractivity contribution < 1.29 is 9.59 Å². The van der Waals surface area contributed by atoms with Gasteiger partial charge in [0.25, 0.3) is 0 Å². The summed E-state index contributed by atoms with van der Waals surface area (Å²) in [6, 6.07) is 10.2. The molecule has 23 heavy (non-hydrogen) atoms. The van der Waals surface area contributed by atoms with Crippen molar-refractivity contribution in [3.8, 4) is 0 Å². The van der Waals surface area contributed by atoms with E-state index in [9.17, 15) is 9.59 Å². The standard InChI is InChI=1S/C18H27N3O2/c1-18(2,19)17(23)20-15-10-12-21(13-11-15)16(22)9-8-14-6-4-3-5-7-14/h3-7,15H,8-13,19H2,1-2H3,(H,20,23). The van der Waals surface area contributed by atoms with Crippen molar-refractivity contribution in [2.24, 2.45) is 5.73 Å². The molecular formula is C18H27N3O2. The molecule has 0 radical (unpaired) electrons. The van der Waals surface area contributed by atoms with Crippen molar-refractivity contribution in [3.63, 3.8) is 0 Å². The Morgan fingerprint density at radius 1 is 1.22 bits per heavy atom. The van der Waals surface area contributed by atoms with Gasteiger partial charge in [-0.2, -0.15) is 0 Å². The van der Waals surface area contributed by atoms with Crippen molar-refractivity contribution in [3.05, 3.63) is 35.9 Å². The van der Waals surface area contributed by atoms with Gasteiger partial charge >= 0.3 is 0 Å². The molecule has 0 aliphatic carbocycles. The predicted octanol–water partition coefficient (Wildman–Crippen LogP) is 1.46. The highest BCUT2D eigenvalue weighted by molar-refractivity contribution is 5.85. The van der Waals surface area contributed by atoms with Gasteiger partial charge in [-0.1, -0.05) is 30.3 Å². The fourth-order valence-electron chi connectivity index (χ4n) is 2.70. The van der Waals surface area contributed by atoms with Crippen LogP contribution < -0.4 is 11.1 Å². The smallest absolute Gasteiger partial charge is 0.239 e. The van der Waals surface area contributed by atoms with Crippen LogP contribution in [0, 0.1) is 0 Å². The molecule has 0 saturated carbocycles. The molecule has 3 N–H and O–H groups in total. The third-order valence-electron chi connectivity index (χ3n) is 4.24. The number of nitrogens with zero attached hydrogens (tertiary/aromatic N) is 1. The molecule has 2 rings (SSSR count). The zero-order chi connectivity index (χ0) is 16.9. The summed E-state index contributed by atoms with van der Waals surface area (Å²) in [6.45, 7) is 4.79. The maximum absolute atomic E-state index is 12.3. The van der Waals surface area contributed by atoms with Crippen LogP contribution in [0.2, 0.25) is 0 Å². The van der Waals surface area contributed by atoms with Crippen molar-refractivity contribution in [2.45, 2.75) is 51.1 Å². The first-order valence-electron chi connectivity index (χ1n) is 8.28. The van der Waals surface area contributed by atoms with E-state index in [1.54, 1.807) is 13.8 Å². The van der Waals surface area contributed by atoms with Crippen LogP contribution in [0.4, 0.5) is 0 Å². The molecule has 0 aromatic heterocycles. The van der Waals surface area contributed by atoms with Crippen LogP contribution in [0.15, 0.2) is 30.3 Å². The fraction of sp³-hybridized carbons (Fsp3) is 0.556. The minimum absolute atomic E-state index is 0.114. The van der Waals surface area contributed by atoms with Gasteiger partial charge < -0.3 is 16.0 Å². The van der Waals surface area contributed by atoms with Gasteiger partial charge in [0.1, 0.15) is 0 Å². The second-order valence-electron chi connectivity index (χ2n) is 6.84. The minimum atomic E-state index is -0.858. The summed E-state index contributed by atoms with van der Waals surface area (Å²) < 4.78 is 0. The van der Waals surface area contributed by atoms with Gasteiger partial charge in [-0.3, -0.25) is 9.59 Å². The number of amides is 2. The number of nitrogens with two attached hydrogens (primary N) is 1. The lowest BCUT2D eigenvalue weighted by Gasteiger charge is -2.33. The Hall–Kier alpha value is -1.88. The van der Waals surface area contributed by atoms with E-state index in [1.165, 1.54) is 5.56 Å². The monoisotopic (exact) mass is 317 g/mol. The Bertz CT molecular complexity index is 529. The molecule has 1 aromatic carbocycles. The lowest BCUT2D eigenvalue weighted by Crippen LogP contribution is -2.54. The van der Waals surface area contributed by atoms with E-state index in [-0.39, 0.29) is 17.9 Å². The molecule has 1 aromatic rings. The lowest BCUT2D eigenvalue weighted by molar-refractivity contribution is -0.132. The Balaban J connectivity index is 1.73. The van der Waals surface area contributed by atoms with E-state index in [4.69, 9.17) is 5.73 Å². The number of hydrogen-bond donors (Lipinski definition) is 2. The SMILES string of the molecule is CC(C)(N)C(=O)NC1CCN(C(=O)CCc2ccccc2)CC1. The summed E-state index contributed by atoms with van der Waals surface area (Å²) in [7, 11) is 0. The number of aryl methyl sites for hydroxylation is 1. The topological polar surface area (TPSA) is 75.4 Å². The van der Waals surface area contributed by atoms with Crippen LogP contribution in [0.3, 0.4) is 0 Å². The minimum Gasteiger partial charge on any atom is -0.352 e. The summed E-state index contributed by atoms with van der Waals surface area (Å²) >= 11 is 0. The fourth-order valence-corrected chi connectivity index (χ4v) is 2.70. The van der Waals surface area contributed by atoms with E-state index in [1.807, 2.05) is 35.2 Å². The molecule has 5 nitrogen and oxygen atoms in total. The van der Waals surface area contributed by atoms with Crippen molar-refractivity contribution in [1.82, 2.24) is 10.2 Å². The Kier molecular flexibility index (Phi) is 5.77. The molecular weight excluding hydrogens is 290 g/mol. The average Bonchev–Trinajstić information content (AvgIpc) is 2.53. The third kappa shape index (κ3) is 5.36. The zero-order valence-electron chi connectivity index (χ0n) is 14.0. The molecule has 5 heteroatoms. The number of benzene rings is 1. The molecule has 0 atom stereocenters. The summed E-state index contributed by atoms with van der Waals surface area (Å²) in [6.07, 6.45) is 2.90. The van der Waals surface area contributed by atoms with Gasteiger partial charge in [0.15, 0.2) is 0 Å². The van der Waals surface area contributed by atoms with E-state index < -0.39 is 5.54 Å². The van der Waals surface area contributed by atoms with Crippen LogP contribution in [0.25, 0.3) is 0 Å². The molecule has 1 aliphatic heterocycles.